The van der Waals surface area contributed by atoms with Crippen molar-refractivity contribution < 1.29 is 17.7 Å². The van der Waals surface area contributed by atoms with Crippen molar-refractivity contribution in [2.24, 2.45) is 0 Å². The first-order valence-corrected chi connectivity index (χ1v) is 47.7. The van der Waals surface area contributed by atoms with Crippen molar-refractivity contribution in [3.63, 3.8) is 0 Å². The van der Waals surface area contributed by atoms with Crippen molar-refractivity contribution in [1.29, 1.82) is 0 Å². The molecule has 0 bridgehead atoms. The van der Waals surface area contributed by atoms with Crippen LogP contribution in [0.5, 0.6) is 0 Å². The summed E-state index contributed by atoms with van der Waals surface area (Å²) in [4.78, 5) is 24.3. The van der Waals surface area contributed by atoms with Gasteiger partial charge in [0.1, 0.15) is 45.7 Å². The first-order chi connectivity index (χ1) is 53.0. The van der Waals surface area contributed by atoms with Gasteiger partial charge in [-0.25, -0.2) is 0 Å². The quantitative estimate of drug-likeness (QED) is 0.152. The molecule has 4 nitrogen and oxygen atoms in total. The molecule has 0 radical (unpaired) electrons. The van der Waals surface area contributed by atoms with Crippen molar-refractivity contribution in [2.45, 2.75) is 111 Å². The van der Waals surface area contributed by atoms with Gasteiger partial charge in [-0.3, -0.25) is 0 Å². The molecule has 0 atom stereocenters. The molecular weight excluding hydrogens is 1620 g/mol. The molecule has 0 aliphatic carbocycles. The molecule has 548 valence electrons. The summed E-state index contributed by atoms with van der Waals surface area (Å²) in [6, 6.07) is 54.0. The van der Waals surface area contributed by atoms with E-state index in [0.717, 1.165) is 67.6 Å². The number of hydrogen-bond acceptors (Lipinski definition) is 18. The van der Waals surface area contributed by atoms with E-state index in [1.165, 1.54) is 200 Å². The number of rotatable bonds is 8. The highest BCUT2D eigenvalue weighted by molar-refractivity contribution is 7.32. The van der Waals surface area contributed by atoms with E-state index in [9.17, 15) is 0 Å². The summed E-state index contributed by atoms with van der Waals surface area (Å²) in [5.41, 5.74) is 12.4. The van der Waals surface area contributed by atoms with Gasteiger partial charge in [0.15, 0.2) is 0 Å². The second kappa shape index (κ2) is 28.2. The molecule has 0 aliphatic heterocycles. The monoisotopic (exact) mass is 1690 g/mol. The topological polar surface area (TPSA) is 52.6 Å². The fourth-order valence-electron chi connectivity index (χ4n) is 15.6. The van der Waals surface area contributed by atoms with Crippen LogP contribution in [0.3, 0.4) is 0 Å². The molecule has 0 unspecified atom stereocenters. The average molecular weight is 1690 g/mol. The Morgan fingerprint density at radius 2 is 0.436 bits per heavy atom. The van der Waals surface area contributed by atoms with Gasteiger partial charge in [-0.2, -0.15) is 0 Å². The second-order valence-corrected chi connectivity index (χ2v) is 46.1. The van der Waals surface area contributed by atoms with Crippen LogP contribution >= 0.6 is 159 Å². The molecule has 22 aromatic rings. The third-order valence-electron chi connectivity index (χ3n) is 19.9. The highest BCUT2D eigenvalue weighted by Gasteiger charge is 2.29. The lowest BCUT2D eigenvalue weighted by Crippen LogP contribution is -1.82. The number of hydrogen-bond donors (Lipinski definition) is 0. The van der Waals surface area contributed by atoms with Crippen LogP contribution in [0.4, 0.5) is 0 Å². The molecule has 0 aliphatic rings. The molecule has 4 aromatic carbocycles. The molecule has 18 heterocycles. The fourth-order valence-corrected chi connectivity index (χ4v) is 30.9. The highest BCUT2D eigenvalue weighted by atomic mass is 32.1. The Hall–Kier alpha value is -7.60. The number of aryl methyl sites for hydroxylation is 16. The van der Waals surface area contributed by atoms with Gasteiger partial charge in [-0.05, 0) is 256 Å². The van der Waals surface area contributed by atoms with Gasteiger partial charge in [-0.15, -0.1) is 159 Å². The largest absolute Gasteiger partial charge is 0.461 e. The number of furan rings is 4. The lowest BCUT2D eigenvalue weighted by Gasteiger charge is -2.09. The molecular formula is C92H72O4S14. The molecule has 0 saturated heterocycles. The minimum atomic E-state index is 0.924. The molecule has 22 rings (SSSR count). The second-order valence-electron chi connectivity index (χ2n) is 28.7. The van der Waals surface area contributed by atoms with E-state index in [4.69, 9.17) is 17.7 Å². The molecule has 0 amide bonds. The van der Waals surface area contributed by atoms with Crippen LogP contribution in [0.1, 0.15) is 81.6 Å². The van der Waals surface area contributed by atoms with Gasteiger partial charge in [0, 0.05) is 222 Å². The molecule has 0 saturated carbocycles. The zero-order chi connectivity index (χ0) is 75.7. The molecule has 0 fully saturated rings. The van der Waals surface area contributed by atoms with E-state index in [-0.39, 0.29) is 0 Å². The van der Waals surface area contributed by atoms with E-state index in [1.807, 2.05) is 176 Å². The van der Waals surface area contributed by atoms with Gasteiger partial charge in [0.25, 0.3) is 0 Å². The number of thiophene rings is 14. The smallest absolute Gasteiger partial charge is 0.144 e. The first-order valence-electron chi connectivity index (χ1n) is 36.2. The van der Waals surface area contributed by atoms with E-state index in [1.54, 1.807) is 22.7 Å². The van der Waals surface area contributed by atoms with Gasteiger partial charge < -0.3 is 17.7 Å². The Balaban J connectivity index is 0.0000000998. The zero-order valence-electron chi connectivity index (χ0n) is 63.2. The first kappa shape index (κ1) is 72.6. The van der Waals surface area contributed by atoms with E-state index < -0.39 is 0 Å². The predicted molar refractivity (Wildman–Crippen MR) is 499 cm³/mol. The fraction of sp³-hybridized carbons (Fsp3) is 0.174. The minimum absolute atomic E-state index is 0.924. The van der Waals surface area contributed by atoms with Gasteiger partial charge in [0.2, 0.25) is 0 Å². The zero-order valence-corrected chi connectivity index (χ0v) is 74.6. The van der Waals surface area contributed by atoms with Crippen LogP contribution in [0.2, 0.25) is 0 Å². The third-order valence-corrected chi connectivity index (χ3v) is 34.8. The van der Waals surface area contributed by atoms with Crippen molar-refractivity contribution in [3.05, 3.63) is 227 Å². The summed E-state index contributed by atoms with van der Waals surface area (Å²) in [5.74, 6) is 5.61. The van der Waals surface area contributed by atoms with Crippen molar-refractivity contribution in [2.75, 3.05) is 0 Å². The highest BCUT2D eigenvalue weighted by Crippen LogP contribution is 2.57. The Morgan fingerprint density at radius 1 is 0.173 bits per heavy atom. The summed E-state index contributed by atoms with van der Waals surface area (Å²) < 4.78 is 38.5. The average Bonchev–Trinajstić information content (AvgIpc) is 1.58. The Kier molecular flexibility index (Phi) is 18.6. The molecule has 18 aromatic heterocycles. The van der Waals surface area contributed by atoms with Crippen LogP contribution in [0.25, 0.3) is 187 Å². The molecule has 0 N–H and O–H groups in total. The van der Waals surface area contributed by atoms with Crippen molar-refractivity contribution >= 4 is 260 Å². The van der Waals surface area contributed by atoms with Crippen LogP contribution < -0.4 is 0 Å². The number of benzene rings is 4. The third kappa shape index (κ3) is 12.8. The van der Waals surface area contributed by atoms with Crippen LogP contribution in [0.15, 0.2) is 163 Å². The minimum Gasteiger partial charge on any atom is -0.461 e. The Morgan fingerprint density at radius 3 is 0.709 bits per heavy atom. The molecule has 0 spiro atoms. The van der Waals surface area contributed by atoms with E-state index in [2.05, 4.69) is 217 Å². The van der Waals surface area contributed by atoms with Crippen molar-refractivity contribution in [3.8, 4) is 85.3 Å². The van der Waals surface area contributed by atoms with E-state index in [0.29, 0.717) is 0 Å². The van der Waals surface area contributed by atoms with Crippen molar-refractivity contribution in [1.82, 2.24) is 0 Å². The Bertz CT molecular complexity index is 6200. The maximum absolute atomic E-state index is 6.22. The summed E-state index contributed by atoms with van der Waals surface area (Å²) in [7, 11) is 0. The SMILES string of the molecule is Cc1cc2c(-c3ccc(C)s3)c3oc(C)cc3c(-c3ccc(C)s3)c2o1.Cc1cc2sc(-c3c4cc(C)sc4c(-c4cc5sc(C)cc5s4)c4cc(C)sc34)cc2s1.Cc1ccc(-c2c3cc(C)sc3c(-c3ccc(C)o3)c3cc(C)sc23)o1.Cc1ccc(-c2c3cc(C)sc3c(-c3ccc(C)s3)c3cc(C)sc23)s1. The summed E-state index contributed by atoms with van der Waals surface area (Å²) >= 11 is 26.6. The maximum atomic E-state index is 6.22. The lowest BCUT2D eigenvalue weighted by molar-refractivity contribution is 0.548. The predicted octanol–water partition coefficient (Wildman–Crippen LogP) is 35.8. The van der Waals surface area contributed by atoms with Gasteiger partial charge >= 0.3 is 0 Å². The van der Waals surface area contributed by atoms with E-state index >= 15 is 0 Å². The van der Waals surface area contributed by atoms with Gasteiger partial charge in [0.05, 0.1) is 0 Å². The standard InChI is InChI=1S/C26H18S6.2C22H18O2S2.C22H18S4/c1-11-5-15-23(21-9-19-17(31-21)7-13(3)27-19)26-16(6-12(2)30-26)24(25(15)29-11)22-10-20-18(32-22)8-14(4)28-20;1-11-9-15-19(17-7-5-13(3)25-17)22-16(10-12(2)24-22)20(21(15)23-11)18-8-6-14(4)26-18;2*1-11-5-7-17(23-11)19-15-9-13(3)26-22(15)20(18-8-6-12(2)24-18)16-10-14(4)25-21(16)19/h5-10H,1-4H3;3*5-10H,1-4H3. The maximum Gasteiger partial charge on any atom is 0.144 e. The normalized spacial score (nSPS) is 12.0. The summed E-state index contributed by atoms with van der Waals surface area (Å²) in [6.07, 6.45) is 0. The summed E-state index contributed by atoms with van der Waals surface area (Å²) in [5, 5.41) is 10.5. The van der Waals surface area contributed by atoms with Crippen LogP contribution in [-0.4, -0.2) is 0 Å². The van der Waals surface area contributed by atoms with Gasteiger partial charge in [-0.1, -0.05) is 0 Å². The molecule has 18 heteroatoms. The van der Waals surface area contributed by atoms with Crippen LogP contribution in [0, 0.1) is 111 Å². The lowest BCUT2D eigenvalue weighted by atomic mass is 9.99. The van der Waals surface area contributed by atoms with Crippen LogP contribution in [-0.2, 0) is 0 Å². The Labute approximate surface area is 693 Å². The summed E-state index contributed by atoms with van der Waals surface area (Å²) in [6.45, 7) is 34.4. The molecule has 110 heavy (non-hydrogen) atoms. The number of fused-ring (bicyclic) bond motifs is 10.